The van der Waals surface area contributed by atoms with Crippen LogP contribution in [0.1, 0.15) is 81.1 Å². The quantitative estimate of drug-likeness (QED) is 0.176. The second kappa shape index (κ2) is 20.4. The molecule has 0 N–H and O–H groups in total. The number of nitrogens with zero attached hydrogens (tertiary/aromatic N) is 2. The molecule has 0 rings (SSSR count). The summed E-state index contributed by atoms with van der Waals surface area (Å²) in [6, 6.07) is 0. The third-order valence-electron chi connectivity index (χ3n) is 4.68. The Morgan fingerprint density at radius 3 is 0.839 bits per heavy atom. The summed E-state index contributed by atoms with van der Waals surface area (Å²) in [4.78, 5) is 5.11. The Morgan fingerprint density at radius 1 is 0.419 bits per heavy atom. The van der Waals surface area contributed by atoms with Gasteiger partial charge in [-0.15, -0.1) is 0 Å². The van der Waals surface area contributed by atoms with Crippen LogP contribution in [0.2, 0.25) is 0 Å². The van der Waals surface area contributed by atoms with Gasteiger partial charge < -0.3 is 18.9 Å². The second-order valence-electron chi connectivity index (χ2n) is 9.47. The molecule has 0 radical (unpaired) electrons. The summed E-state index contributed by atoms with van der Waals surface area (Å²) in [6.07, 6.45) is 5.43. The normalized spacial score (nSPS) is 12.6. The first kappa shape index (κ1) is 30.8. The topological polar surface area (TPSA) is 43.4 Å². The van der Waals surface area contributed by atoms with E-state index in [9.17, 15) is 0 Å². The molecule has 6 nitrogen and oxygen atoms in total. The van der Waals surface area contributed by atoms with Crippen molar-refractivity contribution in [2.45, 2.75) is 105 Å². The highest BCUT2D eigenvalue weighted by Crippen LogP contribution is 2.05. The SMILES string of the molecule is CC(C)OCCCN(CCCOC(C)C)CN(CCCOC(C)C)CCCOC(C)C. The van der Waals surface area contributed by atoms with Crippen LogP contribution in [0.3, 0.4) is 0 Å². The van der Waals surface area contributed by atoms with E-state index in [0.717, 1.165) is 85.0 Å². The minimum absolute atomic E-state index is 0.298. The molecule has 0 aliphatic heterocycles. The van der Waals surface area contributed by atoms with E-state index in [4.69, 9.17) is 18.9 Å². The first-order chi connectivity index (χ1) is 14.7. The van der Waals surface area contributed by atoms with Crippen LogP contribution in [0.25, 0.3) is 0 Å². The summed E-state index contributed by atoms with van der Waals surface area (Å²) in [6.45, 7) is 25.3. The maximum absolute atomic E-state index is 5.76. The van der Waals surface area contributed by atoms with Crippen molar-refractivity contribution in [3.63, 3.8) is 0 Å². The fourth-order valence-electron chi connectivity index (χ4n) is 3.22. The fraction of sp³-hybridized carbons (Fsp3) is 1.00. The Hall–Kier alpha value is -0.240. The van der Waals surface area contributed by atoms with Gasteiger partial charge in [0.15, 0.2) is 0 Å². The molecule has 0 aromatic rings. The Labute approximate surface area is 193 Å². The van der Waals surface area contributed by atoms with E-state index in [-0.39, 0.29) is 0 Å². The standard InChI is InChI=1S/C25H54N2O4/c1-22(2)28-17-9-13-26(14-10-18-29-23(3)4)21-27(15-11-19-30-24(5)6)16-12-20-31-25(7)8/h22-25H,9-21H2,1-8H3. The van der Waals surface area contributed by atoms with E-state index in [1.165, 1.54) is 0 Å². The molecule has 0 aromatic heterocycles. The van der Waals surface area contributed by atoms with E-state index >= 15 is 0 Å². The Bertz CT molecular complexity index is 313. The number of hydrogen-bond acceptors (Lipinski definition) is 6. The third kappa shape index (κ3) is 22.7. The van der Waals surface area contributed by atoms with Crippen molar-refractivity contribution in [3.05, 3.63) is 0 Å². The van der Waals surface area contributed by atoms with Gasteiger partial charge in [-0.1, -0.05) is 0 Å². The fourth-order valence-corrected chi connectivity index (χ4v) is 3.22. The predicted octanol–water partition coefficient (Wildman–Crippen LogP) is 4.81. The van der Waals surface area contributed by atoms with E-state index in [1.807, 2.05) is 0 Å². The summed E-state index contributed by atoms with van der Waals surface area (Å²) >= 11 is 0. The van der Waals surface area contributed by atoms with Gasteiger partial charge in [-0.2, -0.15) is 0 Å². The second-order valence-corrected chi connectivity index (χ2v) is 9.47. The van der Waals surface area contributed by atoms with E-state index in [1.54, 1.807) is 0 Å². The minimum atomic E-state index is 0.298. The molecule has 0 fully saturated rings. The lowest BCUT2D eigenvalue weighted by atomic mass is 10.3. The molecular formula is C25H54N2O4. The van der Waals surface area contributed by atoms with Crippen LogP contribution >= 0.6 is 0 Å². The van der Waals surface area contributed by atoms with Crippen molar-refractivity contribution < 1.29 is 18.9 Å². The molecule has 0 amide bonds. The largest absolute Gasteiger partial charge is 0.379 e. The van der Waals surface area contributed by atoms with Gasteiger partial charge in [-0.3, -0.25) is 9.80 Å². The summed E-state index contributed by atoms with van der Waals surface area (Å²) in [5, 5.41) is 0. The Morgan fingerprint density at radius 2 is 0.645 bits per heavy atom. The molecule has 0 saturated carbocycles. The zero-order valence-electron chi connectivity index (χ0n) is 22.0. The summed E-state index contributed by atoms with van der Waals surface area (Å²) in [7, 11) is 0. The lowest BCUT2D eigenvalue weighted by Crippen LogP contribution is -2.41. The molecule has 6 heteroatoms. The Kier molecular flexibility index (Phi) is 20.2. The van der Waals surface area contributed by atoms with Crippen LogP contribution in [0.4, 0.5) is 0 Å². The Balaban J connectivity index is 4.65. The van der Waals surface area contributed by atoms with Crippen LogP contribution in [0.5, 0.6) is 0 Å². The van der Waals surface area contributed by atoms with Crippen molar-refractivity contribution in [1.29, 1.82) is 0 Å². The van der Waals surface area contributed by atoms with Gasteiger partial charge in [0.2, 0.25) is 0 Å². The van der Waals surface area contributed by atoms with Gasteiger partial charge in [0.1, 0.15) is 0 Å². The maximum Gasteiger partial charge on any atom is 0.0518 e. The zero-order chi connectivity index (χ0) is 23.5. The van der Waals surface area contributed by atoms with Gasteiger partial charge in [-0.05, 0) is 81.1 Å². The monoisotopic (exact) mass is 446 g/mol. The molecule has 0 bridgehead atoms. The van der Waals surface area contributed by atoms with Gasteiger partial charge in [0.05, 0.1) is 31.1 Å². The van der Waals surface area contributed by atoms with Crippen molar-refractivity contribution in [1.82, 2.24) is 9.80 Å². The van der Waals surface area contributed by atoms with Crippen molar-refractivity contribution in [2.24, 2.45) is 0 Å². The molecule has 0 heterocycles. The van der Waals surface area contributed by atoms with Gasteiger partial charge in [-0.25, -0.2) is 0 Å². The van der Waals surface area contributed by atoms with Gasteiger partial charge in [0.25, 0.3) is 0 Å². The van der Waals surface area contributed by atoms with E-state index in [2.05, 4.69) is 65.2 Å². The molecule has 0 unspecified atom stereocenters. The summed E-state index contributed by atoms with van der Waals surface area (Å²) < 4.78 is 23.0. The molecule has 188 valence electrons. The van der Waals surface area contributed by atoms with Crippen molar-refractivity contribution in [2.75, 3.05) is 59.3 Å². The average Bonchev–Trinajstić information content (AvgIpc) is 2.67. The van der Waals surface area contributed by atoms with Crippen molar-refractivity contribution in [3.8, 4) is 0 Å². The summed E-state index contributed by atoms with van der Waals surface area (Å²) in [5.41, 5.74) is 0. The lowest BCUT2D eigenvalue weighted by molar-refractivity contribution is 0.0381. The van der Waals surface area contributed by atoms with Gasteiger partial charge in [0, 0.05) is 52.6 Å². The molecule has 0 spiro atoms. The first-order valence-corrected chi connectivity index (χ1v) is 12.6. The number of hydrogen-bond donors (Lipinski definition) is 0. The zero-order valence-corrected chi connectivity index (χ0v) is 22.0. The number of ether oxygens (including phenoxy) is 4. The van der Waals surface area contributed by atoms with Gasteiger partial charge >= 0.3 is 0 Å². The molecule has 0 saturated heterocycles. The smallest absolute Gasteiger partial charge is 0.0518 e. The third-order valence-corrected chi connectivity index (χ3v) is 4.68. The highest BCUT2D eigenvalue weighted by atomic mass is 16.5. The summed E-state index contributed by atoms with van der Waals surface area (Å²) in [5.74, 6) is 0. The molecule has 31 heavy (non-hydrogen) atoms. The average molecular weight is 447 g/mol. The van der Waals surface area contributed by atoms with Crippen LogP contribution < -0.4 is 0 Å². The van der Waals surface area contributed by atoms with Crippen LogP contribution in [-0.2, 0) is 18.9 Å². The predicted molar refractivity (Wildman–Crippen MR) is 131 cm³/mol. The van der Waals surface area contributed by atoms with Crippen LogP contribution in [0.15, 0.2) is 0 Å². The van der Waals surface area contributed by atoms with Crippen LogP contribution in [0, 0.1) is 0 Å². The van der Waals surface area contributed by atoms with Crippen LogP contribution in [-0.4, -0.2) is 93.5 Å². The maximum atomic E-state index is 5.76. The van der Waals surface area contributed by atoms with E-state index < -0.39 is 0 Å². The highest BCUT2D eigenvalue weighted by molar-refractivity contribution is 4.64. The molecule has 0 aliphatic carbocycles. The highest BCUT2D eigenvalue weighted by Gasteiger charge is 2.12. The molecule has 0 atom stereocenters. The molecule has 0 aromatic carbocycles. The number of rotatable bonds is 22. The first-order valence-electron chi connectivity index (χ1n) is 12.6. The van der Waals surface area contributed by atoms with E-state index in [0.29, 0.717) is 24.4 Å². The minimum Gasteiger partial charge on any atom is -0.379 e. The molecule has 0 aliphatic rings. The lowest BCUT2D eigenvalue weighted by Gasteiger charge is -2.31. The van der Waals surface area contributed by atoms with Crippen molar-refractivity contribution >= 4 is 0 Å². The molecular weight excluding hydrogens is 392 g/mol.